The lowest BCUT2D eigenvalue weighted by Gasteiger charge is -2.53. The number of β-lactam (4-membered cyclic amide) rings is 1. The Kier molecular flexibility index (Phi) is 6.47. The van der Waals surface area contributed by atoms with Gasteiger partial charge in [-0.3, -0.25) is 14.4 Å². The van der Waals surface area contributed by atoms with E-state index in [1.807, 2.05) is 6.92 Å². The van der Waals surface area contributed by atoms with Crippen LogP contribution in [0.15, 0.2) is 4.34 Å². The van der Waals surface area contributed by atoms with Gasteiger partial charge in [-0.25, -0.2) is 0 Å². The second-order valence-electron chi connectivity index (χ2n) is 8.08. The summed E-state index contributed by atoms with van der Waals surface area (Å²) in [4.78, 5) is 38.7. The first kappa shape index (κ1) is 22.3. The maximum absolute atomic E-state index is 13.0. The Morgan fingerprint density at radius 1 is 1.34 bits per heavy atom. The first-order valence-electron chi connectivity index (χ1n) is 8.98. The van der Waals surface area contributed by atoms with Crippen LogP contribution in [-0.4, -0.2) is 69.2 Å². The van der Waals surface area contributed by atoms with E-state index < -0.39 is 35.6 Å². The minimum Gasteiger partial charge on any atom is -0.427 e. The molecule has 0 aromatic carbocycles. The molecule has 2 saturated heterocycles. The maximum Gasteiger partial charge on any atom is 0.318 e. The summed E-state index contributed by atoms with van der Waals surface area (Å²) in [5.74, 6) is -0.319. The highest BCUT2D eigenvalue weighted by molar-refractivity contribution is 8.01. The third kappa shape index (κ3) is 4.70. The number of nitrogens with two attached hydrogens (primary N) is 1. The van der Waals surface area contributed by atoms with Crippen molar-refractivity contribution in [2.75, 3.05) is 24.8 Å². The molecule has 0 spiro atoms. The molecule has 9 nitrogen and oxygen atoms in total. The van der Waals surface area contributed by atoms with E-state index >= 15 is 0 Å². The van der Waals surface area contributed by atoms with Crippen LogP contribution >= 0.6 is 34.9 Å². The Hall–Kier alpha value is -1.37. The molecule has 2 unspecified atom stereocenters. The largest absolute Gasteiger partial charge is 0.427 e. The van der Waals surface area contributed by atoms with Crippen molar-refractivity contribution in [3.63, 3.8) is 0 Å². The molecule has 0 radical (unpaired) electrons. The predicted octanol–water partition coefficient (Wildman–Crippen LogP) is 1.26. The lowest BCUT2D eigenvalue weighted by atomic mass is 9.89. The highest BCUT2D eigenvalue weighted by Crippen LogP contribution is 2.44. The zero-order valence-corrected chi connectivity index (χ0v) is 19.1. The quantitative estimate of drug-likeness (QED) is 0.287. The van der Waals surface area contributed by atoms with Crippen LogP contribution in [0, 0.1) is 17.8 Å². The fourth-order valence-electron chi connectivity index (χ4n) is 2.84. The van der Waals surface area contributed by atoms with Crippen LogP contribution < -0.4 is 5.73 Å². The summed E-state index contributed by atoms with van der Waals surface area (Å²) in [6, 6.07) is -0.528. The normalized spacial score (nSPS) is 26.5. The van der Waals surface area contributed by atoms with Crippen molar-refractivity contribution in [1.82, 2.24) is 15.1 Å². The number of thioether (sulfide) groups is 2. The van der Waals surface area contributed by atoms with E-state index in [1.54, 1.807) is 25.7 Å². The van der Waals surface area contributed by atoms with Gasteiger partial charge in [-0.15, -0.1) is 22.0 Å². The van der Waals surface area contributed by atoms with Crippen LogP contribution in [0.25, 0.3) is 0 Å². The van der Waals surface area contributed by atoms with Gasteiger partial charge in [0.05, 0.1) is 5.41 Å². The van der Waals surface area contributed by atoms with E-state index in [1.165, 1.54) is 34.9 Å². The van der Waals surface area contributed by atoms with Crippen LogP contribution in [0.1, 0.15) is 25.8 Å². The Bertz CT molecular complexity index is 811. The summed E-state index contributed by atoms with van der Waals surface area (Å²) in [5.41, 5.74) is 4.22. The molecule has 0 bridgehead atoms. The number of esters is 2. The van der Waals surface area contributed by atoms with Crippen molar-refractivity contribution in [3.8, 4) is 0 Å². The van der Waals surface area contributed by atoms with Gasteiger partial charge in [0.25, 0.3) is 0 Å². The average Bonchev–Trinajstić information content (AvgIpc) is 3.09. The SMILES string of the molecule is Cc1nnc(SCC2(C(=O)OCOC(=O)C(C)(C)C)CS[C@@H]3C(N)C(=O)N3C2)s1. The highest BCUT2D eigenvalue weighted by atomic mass is 32.2. The summed E-state index contributed by atoms with van der Waals surface area (Å²) in [5, 5.41) is 8.79. The second kappa shape index (κ2) is 8.40. The zero-order chi connectivity index (χ0) is 21.4. The maximum atomic E-state index is 13.0. The van der Waals surface area contributed by atoms with Crippen molar-refractivity contribution in [1.29, 1.82) is 0 Å². The predicted molar refractivity (Wildman–Crippen MR) is 110 cm³/mol. The van der Waals surface area contributed by atoms with Gasteiger partial charge in [0.2, 0.25) is 12.7 Å². The summed E-state index contributed by atoms with van der Waals surface area (Å²) in [6.45, 7) is 6.77. The molecule has 2 fully saturated rings. The van der Waals surface area contributed by atoms with Crippen LogP contribution in [0.2, 0.25) is 0 Å². The fraction of sp³-hybridized carbons (Fsp3) is 0.706. The van der Waals surface area contributed by atoms with Crippen molar-refractivity contribution in [2.45, 2.75) is 43.5 Å². The summed E-state index contributed by atoms with van der Waals surface area (Å²) < 4.78 is 11.1. The van der Waals surface area contributed by atoms with Gasteiger partial charge in [0.1, 0.15) is 21.8 Å². The third-order valence-corrected chi connectivity index (χ3v) is 8.46. The van der Waals surface area contributed by atoms with Crippen LogP contribution in [-0.2, 0) is 23.9 Å². The Morgan fingerprint density at radius 3 is 2.69 bits per heavy atom. The number of hydrogen-bond acceptors (Lipinski definition) is 11. The Balaban J connectivity index is 1.68. The van der Waals surface area contributed by atoms with E-state index in [-0.39, 0.29) is 17.8 Å². The number of amides is 1. The molecule has 2 aliphatic heterocycles. The standard InChI is InChI=1S/C17H24N4O5S3/c1-9-19-20-15(29-9)28-7-17(5-21-11(22)10(18)12(21)27-6-17)14(24)26-8-25-13(23)16(2,3)4/h10,12H,5-8,18H2,1-4H3/t10?,12-,17?/m1/s1. The number of hydrogen-bond donors (Lipinski definition) is 1. The number of aromatic nitrogens is 2. The fourth-order valence-corrected chi connectivity index (χ4v) is 6.45. The van der Waals surface area contributed by atoms with E-state index in [0.717, 1.165) is 9.35 Å². The molecule has 3 rings (SSSR count). The molecule has 3 atom stereocenters. The Morgan fingerprint density at radius 2 is 2.07 bits per heavy atom. The molecule has 1 aromatic heterocycles. The molecule has 160 valence electrons. The van der Waals surface area contributed by atoms with Gasteiger partial charge in [-0.05, 0) is 27.7 Å². The van der Waals surface area contributed by atoms with Crippen LogP contribution in [0.4, 0.5) is 0 Å². The molecule has 1 aromatic rings. The van der Waals surface area contributed by atoms with Crippen molar-refractivity contribution in [2.24, 2.45) is 16.6 Å². The van der Waals surface area contributed by atoms with Crippen LogP contribution in [0.3, 0.4) is 0 Å². The van der Waals surface area contributed by atoms with Gasteiger partial charge < -0.3 is 20.1 Å². The monoisotopic (exact) mass is 460 g/mol. The molecule has 1 amide bonds. The van der Waals surface area contributed by atoms with E-state index in [9.17, 15) is 14.4 Å². The average molecular weight is 461 g/mol. The molecule has 29 heavy (non-hydrogen) atoms. The first-order valence-corrected chi connectivity index (χ1v) is 11.8. The number of rotatable bonds is 6. The molecular formula is C17H24N4O5S3. The molecular weight excluding hydrogens is 436 g/mol. The number of nitrogens with zero attached hydrogens (tertiary/aromatic N) is 3. The lowest BCUT2D eigenvalue weighted by Crippen LogP contribution is -2.72. The topological polar surface area (TPSA) is 125 Å². The van der Waals surface area contributed by atoms with Crippen molar-refractivity contribution >= 4 is 52.7 Å². The first-order chi connectivity index (χ1) is 13.5. The third-order valence-electron chi connectivity index (χ3n) is 4.59. The summed E-state index contributed by atoms with van der Waals surface area (Å²) in [6.07, 6.45) is 0. The number of carbonyl (C=O) groups excluding carboxylic acids is 3. The van der Waals surface area contributed by atoms with Crippen LogP contribution in [0.5, 0.6) is 0 Å². The number of ether oxygens (including phenoxy) is 2. The van der Waals surface area contributed by atoms with Gasteiger partial charge in [0.15, 0.2) is 4.34 Å². The molecule has 2 aliphatic rings. The summed E-state index contributed by atoms with van der Waals surface area (Å²) >= 11 is 4.31. The molecule has 0 saturated carbocycles. The molecule has 0 aliphatic carbocycles. The number of fused-ring (bicyclic) bond motifs is 1. The van der Waals surface area contributed by atoms with E-state index in [4.69, 9.17) is 15.2 Å². The molecule has 12 heteroatoms. The lowest BCUT2D eigenvalue weighted by molar-refractivity contribution is -0.179. The minimum atomic E-state index is -0.949. The highest BCUT2D eigenvalue weighted by Gasteiger charge is 2.56. The van der Waals surface area contributed by atoms with E-state index in [0.29, 0.717) is 11.5 Å². The van der Waals surface area contributed by atoms with E-state index in [2.05, 4.69) is 10.2 Å². The van der Waals surface area contributed by atoms with Gasteiger partial charge >= 0.3 is 11.9 Å². The van der Waals surface area contributed by atoms with Crippen molar-refractivity contribution < 1.29 is 23.9 Å². The van der Waals surface area contributed by atoms with Crippen molar-refractivity contribution in [3.05, 3.63) is 5.01 Å². The second-order valence-corrected chi connectivity index (χ2v) is 11.6. The van der Waals surface area contributed by atoms with Gasteiger partial charge in [-0.1, -0.05) is 23.1 Å². The number of aryl methyl sites for hydroxylation is 1. The smallest absolute Gasteiger partial charge is 0.318 e. The Labute approximate surface area is 181 Å². The minimum absolute atomic E-state index is 0.115. The van der Waals surface area contributed by atoms with Gasteiger partial charge in [0, 0.05) is 18.1 Å². The molecule has 3 heterocycles. The summed E-state index contributed by atoms with van der Waals surface area (Å²) in [7, 11) is 0. The number of carbonyl (C=O) groups is 3. The molecule has 2 N–H and O–H groups in total. The zero-order valence-electron chi connectivity index (χ0n) is 16.7. The van der Waals surface area contributed by atoms with Gasteiger partial charge in [-0.2, -0.15) is 0 Å².